The third-order valence-corrected chi connectivity index (χ3v) is 8.14. The Hall–Kier alpha value is -4.46. The Bertz CT molecular complexity index is 1670. The van der Waals surface area contributed by atoms with Crippen molar-refractivity contribution in [3.8, 4) is 17.0 Å². The molecule has 7 nitrogen and oxygen atoms in total. The average molecular weight is 636 g/mol. The normalized spacial score (nSPS) is 19.1. The number of hydrazine groups is 1. The van der Waals surface area contributed by atoms with Crippen LogP contribution in [-0.4, -0.2) is 38.0 Å². The number of nitrogens with one attached hydrogen (secondary N) is 1. The highest BCUT2D eigenvalue weighted by Crippen LogP contribution is 2.46. The topological polar surface area (TPSA) is 70.6 Å². The van der Waals surface area contributed by atoms with Crippen LogP contribution in [0.3, 0.4) is 0 Å². The van der Waals surface area contributed by atoms with Gasteiger partial charge in [0.15, 0.2) is 5.75 Å². The molecule has 0 aliphatic carbocycles. The van der Waals surface area contributed by atoms with Gasteiger partial charge in [-0.3, -0.25) is 14.7 Å². The number of carbonyl (C=O) groups is 1. The van der Waals surface area contributed by atoms with Gasteiger partial charge in [0.05, 0.1) is 28.9 Å². The minimum atomic E-state index is -4.87. The molecule has 1 saturated heterocycles. The molecule has 3 aromatic rings. The quantitative estimate of drug-likeness (QED) is 0.254. The molecule has 1 unspecified atom stereocenters. The van der Waals surface area contributed by atoms with Crippen molar-refractivity contribution in [1.82, 2.24) is 20.0 Å². The number of nitrogens with zero attached hydrogens (tertiary/aromatic N) is 4. The zero-order valence-electron chi connectivity index (χ0n) is 24.2. The molecule has 238 valence electrons. The van der Waals surface area contributed by atoms with Crippen LogP contribution in [0.2, 0.25) is 0 Å². The van der Waals surface area contributed by atoms with Gasteiger partial charge in [-0.2, -0.15) is 26.3 Å². The van der Waals surface area contributed by atoms with Crippen LogP contribution in [-0.2, 0) is 23.7 Å². The number of benzene rings is 2. The maximum Gasteiger partial charge on any atom is 0.433 e. The molecule has 45 heavy (non-hydrogen) atoms. The van der Waals surface area contributed by atoms with E-state index in [9.17, 15) is 35.7 Å². The predicted molar refractivity (Wildman–Crippen MR) is 151 cm³/mol. The van der Waals surface area contributed by atoms with Gasteiger partial charge in [0.1, 0.15) is 12.0 Å². The zero-order valence-corrected chi connectivity index (χ0v) is 24.2. The Morgan fingerprint density at radius 2 is 1.82 bits per heavy atom. The largest absolute Gasteiger partial charge is 0.433 e. The van der Waals surface area contributed by atoms with Gasteiger partial charge < -0.3 is 5.32 Å². The van der Waals surface area contributed by atoms with E-state index in [-0.39, 0.29) is 34.8 Å². The van der Waals surface area contributed by atoms with E-state index in [2.05, 4.69) is 26.8 Å². The first-order valence-electron chi connectivity index (χ1n) is 13.9. The molecule has 1 atom stereocenters. The molecule has 2 aliphatic heterocycles. The number of fused-ring (bicyclic) bond motifs is 1. The van der Waals surface area contributed by atoms with Gasteiger partial charge in [0, 0.05) is 28.0 Å². The first-order valence-corrected chi connectivity index (χ1v) is 13.9. The fourth-order valence-electron chi connectivity index (χ4n) is 6.10. The van der Waals surface area contributed by atoms with Gasteiger partial charge in [0.25, 0.3) is 5.91 Å². The van der Waals surface area contributed by atoms with E-state index in [0.29, 0.717) is 43.4 Å². The van der Waals surface area contributed by atoms with Gasteiger partial charge in [-0.05, 0) is 73.7 Å². The Morgan fingerprint density at radius 3 is 2.49 bits per heavy atom. The Kier molecular flexibility index (Phi) is 8.38. The van der Waals surface area contributed by atoms with Crippen LogP contribution in [0.15, 0.2) is 78.3 Å². The minimum absolute atomic E-state index is 0.0366. The molecule has 1 aromatic heterocycles. The van der Waals surface area contributed by atoms with Crippen molar-refractivity contribution in [2.45, 2.75) is 57.5 Å². The fourth-order valence-corrected chi connectivity index (χ4v) is 6.10. The standard InChI is InChI=1S/C31H28F7N5O2/c1-4-23-27(28(44)42(43-12-6-11-29(23,43)3)16-19-7-5-8-21(13-19)45-38)18(2)41-24-10-9-20(30(32,33)34)14-22(24)25-15-26(31(35,36)37)40-17-39-25/h5,7-10,13-15,17,41H,2,4,6,11-12,16H2,1,3H3. The second-order valence-electron chi connectivity index (χ2n) is 10.9. The van der Waals surface area contributed by atoms with Crippen LogP contribution in [0.25, 0.3) is 11.3 Å². The second-order valence-corrected chi connectivity index (χ2v) is 10.9. The number of halogens is 7. The van der Waals surface area contributed by atoms with E-state index < -0.39 is 40.8 Å². The van der Waals surface area contributed by atoms with Crippen molar-refractivity contribution in [2.24, 2.45) is 0 Å². The lowest BCUT2D eigenvalue weighted by atomic mass is 9.81. The summed E-state index contributed by atoms with van der Waals surface area (Å²) >= 11 is 0. The zero-order chi connectivity index (χ0) is 32.7. The minimum Gasteiger partial charge on any atom is -0.355 e. The summed E-state index contributed by atoms with van der Waals surface area (Å²) < 4.78 is 94.2. The molecule has 2 aromatic carbocycles. The van der Waals surface area contributed by atoms with Gasteiger partial charge in [0.2, 0.25) is 0 Å². The van der Waals surface area contributed by atoms with E-state index >= 15 is 0 Å². The van der Waals surface area contributed by atoms with E-state index in [1.807, 2.05) is 18.9 Å². The summed E-state index contributed by atoms with van der Waals surface area (Å²) in [6.45, 7) is 8.54. The lowest BCUT2D eigenvalue weighted by Gasteiger charge is -2.49. The summed E-state index contributed by atoms with van der Waals surface area (Å²) in [5, 5.41) is 6.40. The molecule has 0 spiro atoms. The van der Waals surface area contributed by atoms with Gasteiger partial charge >= 0.3 is 12.4 Å². The van der Waals surface area contributed by atoms with Crippen LogP contribution in [0, 0.1) is 0 Å². The molecule has 14 heteroatoms. The number of aromatic nitrogens is 2. The summed E-state index contributed by atoms with van der Waals surface area (Å²) in [4.78, 5) is 25.1. The third kappa shape index (κ3) is 6.10. The van der Waals surface area contributed by atoms with Crippen LogP contribution >= 0.6 is 0 Å². The van der Waals surface area contributed by atoms with Crippen molar-refractivity contribution in [3.05, 3.63) is 95.1 Å². The van der Waals surface area contributed by atoms with Crippen molar-refractivity contribution in [3.63, 3.8) is 0 Å². The summed E-state index contributed by atoms with van der Waals surface area (Å²) in [5.41, 5.74) is -2.25. The molecule has 3 heterocycles. The highest BCUT2D eigenvalue weighted by atomic mass is 19.4. The van der Waals surface area contributed by atoms with E-state index in [4.69, 9.17) is 0 Å². The Balaban J connectivity index is 1.58. The first kappa shape index (κ1) is 31.9. The van der Waals surface area contributed by atoms with Crippen LogP contribution < -0.4 is 10.3 Å². The van der Waals surface area contributed by atoms with Gasteiger partial charge in [-0.15, -0.1) is 0 Å². The summed E-state index contributed by atoms with van der Waals surface area (Å²) in [7, 11) is 0. The van der Waals surface area contributed by atoms with Crippen molar-refractivity contribution < 1.29 is 40.6 Å². The third-order valence-electron chi connectivity index (χ3n) is 8.14. The molecular weight excluding hydrogens is 607 g/mol. The maximum atomic E-state index is 14.2. The predicted octanol–water partition coefficient (Wildman–Crippen LogP) is 7.89. The van der Waals surface area contributed by atoms with E-state index in [0.717, 1.165) is 24.1 Å². The lowest BCUT2D eigenvalue weighted by Crippen LogP contribution is -2.59. The molecule has 0 radical (unpaired) electrons. The lowest BCUT2D eigenvalue weighted by molar-refractivity contribution is -0.156. The van der Waals surface area contributed by atoms with Crippen molar-refractivity contribution >= 4 is 11.6 Å². The van der Waals surface area contributed by atoms with Gasteiger partial charge in [-0.25, -0.2) is 15.0 Å². The van der Waals surface area contributed by atoms with Gasteiger partial charge in [-0.1, -0.05) is 25.6 Å². The molecule has 1 fully saturated rings. The SMILES string of the molecule is C=C(Nc1ccc(C(F)(F)F)cc1-c1cc(C(F)(F)F)ncn1)C1=C(CC)C2(C)CCCN2N(Cc2cccc(OF)c2)C1=O. The summed E-state index contributed by atoms with van der Waals surface area (Å²) in [6.07, 6.45) is -7.15. The maximum absolute atomic E-state index is 14.2. The molecule has 2 aliphatic rings. The number of hydrogen-bond acceptors (Lipinski definition) is 6. The molecule has 0 bridgehead atoms. The first-order chi connectivity index (χ1) is 21.2. The number of alkyl halides is 6. The number of amides is 1. The Morgan fingerprint density at radius 1 is 1.07 bits per heavy atom. The average Bonchev–Trinajstić information content (AvgIpc) is 3.39. The Labute approximate surface area is 253 Å². The number of rotatable bonds is 8. The highest BCUT2D eigenvalue weighted by Gasteiger charge is 2.50. The van der Waals surface area contributed by atoms with Crippen LogP contribution in [0.5, 0.6) is 5.75 Å². The monoisotopic (exact) mass is 635 g/mol. The second kappa shape index (κ2) is 11.8. The highest BCUT2D eigenvalue weighted by molar-refractivity contribution is 6.01. The fraction of sp³-hybridized carbons (Fsp3) is 0.323. The molecular formula is C31H28F7N5O2. The number of carbonyl (C=O) groups excluding carboxylic acids is 1. The smallest absolute Gasteiger partial charge is 0.355 e. The van der Waals surface area contributed by atoms with Crippen molar-refractivity contribution in [2.75, 3.05) is 11.9 Å². The van der Waals surface area contributed by atoms with E-state index in [1.54, 1.807) is 12.1 Å². The van der Waals surface area contributed by atoms with Crippen LogP contribution in [0.4, 0.5) is 36.6 Å². The molecule has 1 amide bonds. The molecule has 5 rings (SSSR count). The number of anilines is 1. The van der Waals surface area contributed by atoms with E-state index in [1.165, 1.54) is 17.1 Å². The van der Waals surface area contributed by atoms with Crippen molar-refractivity contribution in [1.29, 1.82) is 0 Å². The molecule has 1 N–H and O–H groups in total. The summed E-state index contributed by atoms with van der Waals surface area (Å²) in [6, 6.07) is 9.24. The molecule has 0 saturated carbocycles. The number of hydrogen-bond donors (Lipinski definition) is 1. The summed E-state index contributed by atoms with van der Waals surface area (Å²) in [5.74, 6) is -0.490. The van der Waals surface area contributed by atoms with Crippen LogP contribution in [0.1, 0.15) is 49.9 Å².